The van der Waals surface area contributed by atoms with Crippen LogP contribution in [0.3, 0.4) is 0 Å². The maximum atomic E-state index is 13.0. The lowest BCUT2D eigenvalue weighted by Gasteiger charge is -2.33. The lowest BCUT2D eigenvalue weighted by Crippen LogP contribution is -2.38. The van der Waals surface area contributed by atoms with Gasteiger partial charge in [0, 0.05) is 29.8 Å². The maximum absolute atomic E-state index is 13.0. The Morgan fingerprint density at radius 1 is 1.11 bits per heavy atom. The zero-order valence-corrected chi connectivity index (χ0v) is 15.0. The Labute approximate surface area is 160 Å². The lowest BCUT2D eigenvalue weighted by atomic mass is 10.0. The fourth-order valence-corrected chi connectivity index (χ4v) is 3.40. The van der Waals surface area contributed by atoms with E-state index in [4.69, 9.17) is 4.52 Å². The average Bonchev–Trinajstić information content (AvgIpc) is 3.24. The minimum Gasteiger partial charge on any atom is -0.337 e. The van der Waals surface area contributed by atoms with Crippen LogP contribution < -0.4 is 0 Å². The Bertz CT molecular complexity index is 985. The number of carbonyl (C=O) groups excluding carboxylic acids is 1. The smallest absolute Gasteiger partial charge is 0.269 e. The van der Waals surface area contributed by atoms with Gasteiger partial charge in [0.15, 0.2) is 0 Å². The predicted octanol–water partition coefficient (Wildman–Crippen LogP) is 4.01. The van der Waals surface area contributed by atoms with Gasteiger partial charge in [0.2, 0.25) is 11.7 Å². The molecule has 28 heavy (non-hydrogen) atoms. The summed E-state index contributed by atoms with van der Waals surface area (Å²) in [5.41, 5.74) is 1.21. The number of aromatic nitrogens is 2. The molecule has 2 aromatic carbocycles. The van der Waals surface area contributed by atoms with Crippen LogP contribution >= 0.6 is 0 Å². The molecule has 142 valence electrons. The van der Waals surface area contributed by atoms with E-state index in [0.717, 1.165) is 24.8 Å². The van der Waals surface area contributed by atoms with Gasteiger partial charge >= 0.3 is 0 Å². The first-order chi connectivity index (χ1) is 13.6. The number of carbonyl (C=O) groups is 1. The molecule has 1 aliphatic rings. The van der Waals surface area contributed by atoms with E-state index in [-0.39, 0.29) is 17.6 Å². The Balaban J connectivity index is 1.59. The van der Waals surface area contributed by atoms with Gasteiger partial charge in [-0.3, -0.25) is 14.9 Å². The largest absolute Gasteiger partial charge is 0.337 e. The van der Waals surface area contributed by atoms with E-state index >= 15 is 0 Å². The average molecular weight is 378 g/mol. The highest BCUT2D eigenvalue weighted by Gasteiger charge is 2.33. The minimum atomic E-state index is -0.485. The highest BCUT2D eigenvalue weighted by Crippen LogP contribution is 2.32. The molecular formula is C20H18N4O4. The van der Waals surface area contributed by atoms with Crippen LogP contribution in [0.5, 0.6) is 0 Å². The summed E-state index contributed by atoms with van der Waals surface area (Å²) in [5, 5.41) is 14.9. The molecule has 4 rings (SSSR count). The van der Waals surface area contributed by atoms with Crippen molar-refractivity contribution in [2.24, 2.45) is 0 Å². The first-order valence-corrected chi connectivity index (χ1v) is 9.08. The van der Waals surface area contributed by atoms with Crippen LogP contribution in [0.15, 0.2) is 59.1 Å². The van der Waals surface area contributed by atoms with E-state index in [1.165, 1.54) is 24.3 Å². The van der Waals surface area contributed by atoms with Crippen molar-refractivity contribution in [2.75, 3.05) is 6.54 Å². The Morgan fingerprint density at radius 2 is 1.86 bits per heavy atom. The molecule has 3 aromatic rings. The molecule has 8 heteroatoms. The van der Waals surface area contributed by atoms with E-state index < -0.39 is 4.92 Å². The molecule has 1 aromatic heterocycles. The SMILES string of the molecule is O=C(c1ccc([N+](=O)[O-])cc1)N1CCCC[C@H]1c1nc(-c2ccccc2)no1. The van der Waals surface area contributed by atoms with E-state index in [1.54, 1.807) is 4.90 Å². The second-order valence-corrected chi connectivity index (χ2v) is 6.64. The first kappa shape index (κ1) is 17.8. The number of piperidine rings is 1. The number of benzene rings is 2. The van der Waals surface area contributed by atoms with Gasteiger partial charge in [0.1, 0.15) is 6.04 Å². The second kappa shape index (κ2) is 7.59. The highest BCUT2D eigenvalue weighted by atomic mass is 16.6. The Morgan fingerprint density at radius 3 is 2.57 bits per heavy atom. The Kier molecular flexibility index (Phi) is 4.84. The summed E-state index contributed by atoms with van der Waals surface area (Å²) in [5.74, 6) is 0.705. The number of nitrogens with zero attached hydrogens (tertiary/aromatic N) is 4. The number of hydrogen-bond acceptors (Lipinski definition) is 6. The predicted molar refractivity (Wildman–Crippen MR) is 100 cm³/mol. The number of hydrogen-bond donors (Lipinski definition) is 0. The lowest BCUT2D eigenvalue weighted by molar-refractivity contribution is -0.384. The molecule has 0 bridgehead atoms. The number of rotatable bonds is 4. The van der Waals surface area contributed by atoms with E-state index in [0.29, 0.717) is 23.8 Å². The molecule has 2 heterocycles. The number of non-ortho nitro benzene ring substituents is 1. The van der Waals surface area contributed by atoms with E-state index in [1.807, 2.05) is 30.3 Å². The summed E-state index contributed by atoms with van der Waals surface area (Å²) < 4.78 is 5.48. The van der Waals surface area contributed by atoms with Crippen LogP contribution in [0.25, 0.3) is 11.4 Å². The van der Waals surface area contributed by atoms with Gasteiger partial charge in [0.05, 0.1) is 4.92 Å². The van der Waals surface area contributed by atoms with Gasteiger partial charge in [-0.1, -0.05) is 35.5 Å². The molecule has 0 N–H and O–H groups in total. The molecule has 0 radical (unpaired) electrons. The normalized spacial score (nSPS) is 16.7. The second-order valence-electron chi connectivity index (χ2n) is 6.64. The van der Waals surface area contributed by atoms with Crippen molar-refractivity contribution >= 4 is 11.6 Å². The number of nitro groups is 1. The van der Waals surface area contributed by atoms with Crippen LogP contribution in [-0.2, 0) is 0 Å². The molecule has 1 saturated heterocycles. The molecule has 0 unspecified atom stereocenters. The number of amides is 1. The van der Waals surface area contributed by atoms with Gasteiger partial charge in [-0.05, 0) is 31.4 Å². The van der Waals surface area contributed by atoms with Gasteiger partial charge in [-0.15, -0.1) is 0 Å². The number of nitro benzene ring substituents is 1. The third-order valence-corrected chi connectivity index (χ3v) is 4.85. The Hall–Kier alpha value is -3.55. The van der Waals surface area contributed by atoms with Gasteiger partial charge in [-0.25, -0.2) is 0 Å². The summed E-state index contributed by atoms with van der Waals surface area (Å²) in [4.78, 5) is 29.6. The standard InChI is InChI=1S/C20H18N4O4/c25-20(15-9-11-16(12-10-15)24(26)27)23-13-5-4-8-17(23)19-21-18(22-28-19)14-6-2-1-3-7-14/h1-3,6-7,9-12,17H,4-5,8,13H2/t17-/m0/s1. The van der Waals surface area contributed by atoms with Crippen molar-refractivity contribution in [2.45, 2.75) is 25.3 Å². The van der Waals surface area contributed by atoms with Crippen LogP contribution in [0.2, 0.25) is 0 Å². The zero-order valence-electron chi connectivity index (χ0n) is 15.0. The third kappa shape index (κ3) is 3.48. The summed E-state index contributed by atoms with van der Waals surface area (Å²) >= 11 is 0. The maximum Gasteiger partial charge on any atom is 0.269 e. The summed E-state index contributed by atoms with van der Waals surface area (Å²) in [6.07, 6.45) is 2.57. The van der Waals surface area contributed by atoms with Crippen molar-refractivity contribution in [1.82, 2.24) is 15.0 Å². The molecular weight excluding hydrogens is 360 g/mol. The summed E-state index contributed by atoms with van der Waals surface area (Å²) in [6, 6.07) is 14.8. The van der Waals surface area contributed by atoms with Crippen LogP contribution in [0.1, 0.15) is 41.6 Å². The molecule has 1 fully saturated rings. The van der Waals surface area contributed by atoms with Crippen molar-refractivity contribution in [3.05, 3.63) is 76.2 Å². The number of likely N-dealkylation sites (tertiary alicyclic amines) is 1. The van der Waals surface area contributed by atoms with Crippen LogP contribution in [0, 0.1) is 10.1 Å². The molecule has 1 amide bonds. The van der Waals surface area contributed by atoms with E-state index in [9.17, 15) is 14.9 Å². The van der Waals surface area contributed by atoms with Crippen LogP contribution in [0.4, 0.5) is 5.69 Å². The van der Waals surface area contributed by atoms with Crippen molar-refractivity contribution in [1.29, 1.82) is 0 Å². The molecule has 0 aliphatic carbocycles. The van der Waals surface area contributed by atoms with Crippen molar-refractivity contribution in [3.8, 4) is 11.4 Å². The third-order valence-electron chi connectivity index (χ3n) is 4.85. The van der Waals surface area contributed by atoms with Gasteiger partial charge < -0.3 is 9.42 Å². The fraction of sp³-hybridized carbons (Fsp3) is 0.250. The molecule has 1 aliphatic heterocycles. The molecule has 0 saturated carbocycles. The van der Waals surface area contributed by atoms with Crippen LogP contribution in [-0.4, -0.2) is 32.4 Å². The first-order valence-electron chi connectivity index (χ1n) is 9.08. The van der Waals surface area contributed by atoms with E-state index in [2.05, 4.69) is 10.1 Å². The minimum absolute atomic E-state index is 0.0452. The monoisotopic (exact) mass is 378 g/mol. The molecule has 1 atom stereocenters. The van der Waals surface area contributed by atoms with Gasteiger partial charge in [-0.2, -0.15) is 4.98 Å². The summed E-state index contributed by atoms with van der Waals surface area (Å²) in [6.45, 7) is 0.573. The summed E-state index contributed by atoms with van der Waals surface area (Å²) in [7, 11) is 0. The zero-order chi connectivity index (χ0) is 19.5. The fourth-order valence-electron chi connectivity index (χ4n) is 3.40. The molecule has 8 nitrogen and oxygen atoms in total. The highest BCUT2D eigenvalue weighted by molar-refractivity contribution is 5.94. The van der Waals surface area contributed by atoms with Gasteiger partial charge in [0.25, 0.3) is 11.6 Å². The van der Waals surface area contributed by atoms with Crippen molar-refractivity contribution < 1.29 is 14.2 Å². The van der Waals surface area contributed by atoms with Crippen molar-refractivity contribution in [3.63, 3.8) is 0 Å². The quantitative estimate of drug-likeness (QED) is 0.502. The topological polar surface area (TPSA) is 102 Å². The molecule has 0 spiro atoms.